The summed E-state index contributed by atoms with van der Waals surface area (Å²) in [6.07, 6.45) is 0.279. The van der Waals surface area contributed by atoms with Gasteiger partial charge in [0.15, 0.2) is 5.69 Å². The molecule has 1 aliphatic rings. The molecule has 4 nitrogen and oxygen atoms in total. The lowest BCUT2D eigenvalue weighted by Crippen LogP contribution is -2.42. The second-order valence-electron chi connectivity index (χ2n) is 5.43. The Morgan fingerprint density at radius 1 is 1.50 bits per heavy atom. The van der Waals surface area contributed by atoms with Crippen molar-refractivity contribution >= 4 is 0 Å². The molecule has 0 saturated heterocycles. The summed E-state index contributed by atoms with van der Waals surface area (Å²) in [7, 11) is 0. The Kier molecular flexibility index (Phi) is 4.04. The summed E-state index contributed by atoms with van der Waals surface area (Å²) in [5.41, 5.74) is -1.49. The van der Waals surface area contributed by atoms with Gasteiger partial charge in [-0.1, -0.05) is 0 Å². The number of aryl methyl sites for hydroxylation is 1. The third kappa shape index (κ3) is 3.97. The van der Waals surface area contributed by atoms with Crippen molar-refractivity contribution in [1.82, 2.24) is 15.1 Å². The Morgan fingerprint density at radius 2 is 2.20 bits per heavy atom. The molecular weight excluding hydrogens is 269 g/mol. The lowest BCUT2D eigenvalue weighted by Gasteiger charge is -2.23. The molecule has 0 radical (unpaired) electrons. The van der Waals surface area contributed by atoms with Crippen molar-refractivity contribution in [3.8, 4) is 6.07 Å². The predicted octanol–water partition coefficient (Wildman–Crippen LogP) is 2.72. The van der Waals surface area contributed by atoms with Crippen LogP contribution in [0.4, 0.5) is 13.2 Å². The van der Waals surface area contributed by atoms with Crippen molar-refractivity contribution in [3.05, 3.63) is 18.0 Å². The van der Waals surface area contributed by atoms with Crippen LogP contribution >= 0.6 is 0 Å². The van der Waals surface area contributed by atoms with Crippen molar-refractivity contribution in [2.24, 2.45) is 0 Å². The first-order valence-electron chi connectivity index (χ1n) is 6.62. The van der Waals surface area contributed by atoms with E-state index in [0.717, 1.165) is 18.9 Å². The molecule has 1 heterocycles. The van der Waals surface area contributed by atoms with E-state index >= 15 is 0 Å². The van der Waals surface area contributed by atoms with Gasteiger partial charge in [0.05, 0.1) is 6.07 Å². The molecule has 1 aromatic heterocycles. The second-order valence-corrected chi connectivity index (χ2v) is 5.43. The summed E-state index contributed by atoms with van der Waals surface area (Å²) in [6, 6.07) is 3.63. The highest BCUT2D eigenvalue weighted by Gasteiger charge is 2.34. The van der Waals surface area contributed by atoms with E-state index in [2.05, 4.69) is 16.5 Å². The van der Waals surface area contributed by atoms with Gasteiger partial charge in [0.1, 0.15) is 5.54 Å². The quantitative estimate of drug-likeness (QED) is 0.874. The van der Waals surface area contributed by atoms with Crippen LogP contribution in [0.5, 0.6) is 0 Å². The molecule has 20 heavy (non-hydrogen) atoms. The van der Waals surface area contributed by atoms with Crippen LogP contribution in [0.15, 0.2) is 12.3 Å². The summed E-state index contributed by atoms with van der Waals surface area (Å²) in [5.74, 6) is 0. The molecule has 0 spiro atoms. The molecule has 7 heteroatoms. The Bertz CT molecular complexity index is 498. The van der Waals surface area contributed by atoms with Crippen LogP contribution in [-0.2, 0) is 12.7 Å². The van der Waals surface area contributed by atoms with E-state index in [1.807, 2.05) is 6.92 Å². The van der Waals surface area contributed by atoms with E-state index in [4.69, 9.17) is 0 Å². The maximum Gasteiger partial charge on any atom is 0.435 e. The van der Waals surface area contributed by atoms with Gasteiger partial charge in [0.2, 0.25) is 0 Å². The van der Waals surface area contributed by atoms with Gasteiger partial charge in [-0.05, 0) is 38.7 Å². The zero-order valence-electron chi connectivity index (χ0n) is 11.2. The summed E-state index contributed by atoms with van der Waals surface area (Å²) in [6.45, 7) is 2.20. The van der Waals surface area contributed by atoms with Gasteiger partial charge >= 0.3 is 6.18 Å². The number of nitriles is 1. The van der Waals surface area contributed by atoms with Crippen LogP contribution < -0.4 is 5.32 Å². The first-order valence-corrected chi connectivity index (χ1v) is 6.62. The van der Waals surface area contributed by atoms with Crippen molar-refractivity contribution < 1.29 is 13.2 Å². The van der Waals surface area contributed by atoms with Gasteiger partial charge in [-0.3, -0.25) is 10.00 Å². The van der Waals surface area contributed by atoms with E-state index in [-0.39, 0.29) is 0 Å². The second kappa shape index (κ2) is 5.44. The average molecular weight is 286 g/mol. The molecule has 0 aromatic carbocycles. The van der Waals surface area contributed by atoms with E-state index in [9.17, 15) is 18.4 Å². The van der Waals surface area contributed by atoms with Gasteiger partial charge < -0.3 is 0 Å². The molecule has 1 atom stereocenters. The van der Waals surface area contributed by atoms with E-state index in [0.29, 0.717) is 25.4 Å². The molecule has 1 aromatic rings. The summed E-state index contributed by atoms with van der Waals surface area (Å²) >= 11 is 0. The summed E-state index contributed by atoms with van der Waals surface area (Å²) < 4.78 is 38.4. The molecular formula is C13H17F3N4. The maximum absolute atomic E-state index is 12.4. The first kappa shape index (κ1) is 14.9. The number of rotatable bonds is 6. The molecule has 0 bridgehead atoms. The van der Waals surface area contributed by atoms with E-state index in [1.165, 1.54) is 10.9 Å². The predicted molar refractivity (Wildman–Crippen MR) is 66.6 cm³/mol. The Balaban J connectivity index is 1.83. The Morgan fingerprint density at radius 3 is 2.70 bits per heavy atom. The fourth-order valence-electron chi connectivity index (χ4n) is 2.07. The highest BCUT2D eigenvalue weighted by molar-refractivity contribution is 5.07. The molecule has 1 saturated carbocycles. The lowest BCUT2D eigenvalue weighted by atomic mass is 9.97. The number of halogens is 3. The standard InChI is InChI=1S/C13H17F3N4/c1-12(9-17,18-10-3-4-10)6-2-7-20-8-5-11(19-20)13(14,15)16/h5,8,10,18H,2-4,6-7H2,1H3. The summed E-state index contributed by atoms with van der Waals surface area (Å²) in [5, 5.41) is 15.9. The average Bonchev–Trinajstić information content (AvgIpc) is 3.02. The zero-order chi connectivity index (χ0) is 14.8. The van der Waals surface area contributed by atoms with Gasteiger partial charge in [-0.15, -0.1) is 0 Å². The molecule has 1 fully saturated rings. The molecule has 2 rings (SSSR count). The van der Waals surface area contributed by atoms with Crippen molar-refractivity contribution in [3.63, 3.8) is 0 Å². The molecule has 0 amide bonds. The van der Waals surface area contributed by atoms with Crippen molar-refractivity contribution in [2.75, 3.05) is 0 Å². The number of hydrogen-bond donors (Lipinski definition) is 1. The highest BCUT2D eigenvalue weighted by Crippen LogP contribution is 2.27. The molecule has 1 aliphatic carbocycles. The van der Waals surface area contributed by atoms with Crippen molar-refractivity contribution in [2.45, 2.75) is 56.9 Å². The third-order valence-electron chi connectivity index (χ3n) is 3.34. The van der Waals surface area contributed by atoms with Gasteiger partial charge in [-0.2, -0.15) is 23.5 Å². The van der Waals surface area contributed by atoms with Crippen LogP contribution in [0.2, 0.25) is 0 Å². The van der Waals surface area contributed by atoms with Gasteiger partial charge in [0, 0.05) is 18.8 Å². The van der Waals surface area contributed by atoms with E-state index in [1.54, 1.807) is 0 Å². The number of nitrogens with one attached hydrogen (secondary N) is 1. The minimum atomic E-state index is -4.40. The summed E-state index contributed by atoms with van der Waals surface area (Å²) in [4.78, 5) is 0. The molecule has 0 aliphatic heterocycles. The smallest absolute Gasteiger partial charge is 0.297 e. The number of nitrogens with zero attached hydrogens (tertiary/aromatic N) is 3. The van der Waals surface area contributed by atoms with Crippen molar-refractivity contribution in [1.29, 1.82) is 5.26 Å². The van der Waals surface area contributed by atoms with Crippen LogP contribution in [0.3, 0.4) is 0 Å². The molecule has 1 unspecified atom stereocenters. The number of alkyl halides is 3. The van der Waals surface area contributed by atoms with Gasteiger partial charge in [0.25, 0.3) is 0 Å². The molecule has 110 valence electrons. The minimum absolute atomic E-state index is 0.375. The zero-order valence-corrected chi connectivity index (χ0v) is 11.2. The number of hydrogen-bond acceptors (Lipinski definition) is 3. The normalized spacial score (nSPS) is 18.6. The first-order chi connectivity index (χ1) is 9.32. The third-order valence-corrected chi connectivity index (χ3v) is 3.34. The van der Waals surface area contributed by atoms with E-state index < -0.39 is 17.4 Å². The largest absolute Gasteiger partial charge is 0.435 e. The van der Waals surface area contributed by atoms with Crippen LogP contribution in [-0.4, -0.2) is 21.4 Å². The Labute approximate surface area is 115 Å². The topological polar surface area (TPSA) is 53.6 Å². The lowest BCUT2D eigenvalue weighted by molar-refractivity contribution is -0.141. The Hall–Kier alpha value is -1.55. The molecule has 1 N–H and O–H groups in total. The number of aromatic nitrogens is 2. The fraction of sp³-hybridized carbons (Fsp3) is 0.692. The SMILES string of the molecule is CC(C#N)(CCCn1ccc(C(F)(F)F)n1)NC1CC1. The van der Waals surface area contributed by atoms with Crippen LogP contribution in [0.1, 0.15) is 38.3 Å². The minimum Gasteiger partial charge on any atom is -0.297 e. The van der Waals surface area contributed by atoms with Crippen LogP contribution in [0.25, 0.3) is 0 Å². The van der Waals surface area contributed by atoms with Gasteiger partial charge in [-0.25, -0.2) is 0 Å². The maximum atomic E-state index is 12.4. The van der Waals surface area contributed by atoms with Crippen LogP contribution in [0, 0.1) is 11.3 Å². The highest BCUT2D eigenvalue weighted by atomic mass is 19.4. The monoisotopic (exact) mass is 286 g/mol. The fourth-order valence-corrected chi connectivity index (χ4v) is 2.07.